The molecule has 3 unspecified atom stereocenters. The van der Waals surface area contributed by atoms with Crippen LogP contribution in [0, 0.1) is 0 Å². The zero-order valence-corrected chi connectivity index (χ0v) is 9.34. The van der Waals surface area contributed by atoms with Crippen molar-refractivity contribution in [2.45, 2.75) is 37.5 Å². The molecule has 0 bridgehead atoms. The smallest absolute Gasteiger partial charge is 0.0693 e. The minimum absolute atomic E-state index is 0.0627. The van der Waals surface area contributed by atoms with Crippen molar-refractivity contribution in [3.63, 3.8) is 0 Å². The molecule has 0 saturated heterocycles. The molecule has 3 N–H and O–H groups in total. The summed E-state index contributed by atoms with van der Waals surface area (Å²) in [7, 11) is 0. The molecule has 0 radical (unpaired) electrons. The third kappa shape index (κ3) is 2.61. The second-order valence-electron chi connectivity index (χ2n) is 4.42. The Bertz CT molecular complexity index is 315. The van der Waals surface area contributed by atoms with Crippen LogP contribution >= 0.6 is 0 Å². The van der Waals surface area contributed by atoms with Crippen molar-refractivity contribution in [2.24, 2.45) is 0 Å². The van der Waals surface area contributed by atoms with Crippen LogP contribution in [0.5, 0.6) is 0 Å². The molecule has 16 heavy (non-hydrogen) atoms. The SMILES string of the molecule is OCC(NC1CCCC1O)c1ccccc1. The topological polar surface area (TPSA) is 52.5 Å². The molecular weight excluding hydrogens is 202 g/mol. The van der Waals surface area contributed by atoms with E-state index < -0.39 is 0 Å². The number of benzene rings is 1. The molecule has 1 aliphatic carbocycles. The standard InChI is InChI=1S/C13H19NO2/c15-9-12(10-5-2-1-3-6-10)14-11-7-4-8-13(11)16/h1-3,5-6,11-16H,4,7-9H2. The van der Waals surface area contributed by atoms with Gasteiger partial charge in [0.15, 0.2) is 0 Å². The molecular formula is C13H19NO2. The van der Waals surface area contributed by atoms with E-state index in [9.17, 15) is 10.2 Å². The van der Waals surface area contributed by atoms with E-state index in [1.807, 2.05) is 30.3 Å². The Morgan fingerprint density at radius 3 is 2.56 bits per heavy atom. The van der Waals surface area contributed by atoms with Crippen molar-refractivity contribution in [1.29, 1.82) is 0 Å². The minimum Gasteiger partial charge on any atom is -0.394 e. The maximum Gasteiger partial charge on any atom is 0.0693 e. The van der Waals surface area contributed by atoms with E-state index in [1.165, 1.54) is 0 Å². The largest absolute Gasteiger partial charge is 0.394 e. The lowest BCUT2D eigenvalue weighted by atomic mass is 10.1. The van der Waals surface area contributed by atoms with Crippen LogP contribution in [0.3, 0.4) is 0 Å². The van der Waals surface area contributed by atoms with Crippen LogP contribution in [0.2, 0.25) is 0 Å². The summed E-state index contributed by atoms with van der Waals surface area (Å²) in [6, 6.07) is 9.93. The summed E-state index contributed by atoms with van der Waals surface area (Å²) in [6.45, 7) is 0.0627. The highest BCUT2D eigenvalue weighted by atomic mass is 16.3. The Morgan fingerprint density at radius 2 is 2.00 bits per heavy atom. The Kier molecular flexibility index (Phi) is 3.93. The molecule has 0 heterocycles. The van der Waals surface area contributed by atoms with Gasteiger partial charge in [-0.05, 0) is 24.8 Å². The summed E-state index contributed by atoms with van der Waals surface area (Å²) >= 11 is 0. The van der Waals surface area contributed by atoms with Crippen LogP contribution in [-0.4, -0.2) is 29.0 Å². The first kappa shape index (κ1) is 11.6. The highest BCUT2D eigenvalue weighted by molar-refractivity contribution is 5.19. The fourth-order valence-electron chi connectivity index (χ4n) is 2.33. The van der Waals surface area contributed by atoms with Gasteiger partial charge in [0, 0.05) is 6.04 Å². The average Bonchev–Trinajstić information content (AvgIpc) is 2.73. The van der Waals surface area contributed by atoms with Gasteiger partial charge in [-0.25, -0.2) is 0 Å². The van der Waals surface area contributed by atoms with Gasteiger partial charge in [-0.3, -0.25) is 0 Å². The molecule has 88 valence electrons. The van der Waals surface area contributed by atoms with Gasteiger partial charge in [0.1, 0.15) is 0 Å². The number of aliphatic hydroxyl groups excluding tert-OH is 2. The Balaban J connectivity index is 2.00. The highest BCUT2D eigenvalue weighted by Gasteiger charge is 2.27. The minimum atomic E-state index is -0.266. The van der Waals surface area contributed by atoms with Crippen molar-refractivity contribution < 1.29 is 10.2 Å². The number of rotatable bonds is 4. The maximum atomic E-state index is 9.74. The molecule has 0 aromatic heterocycles. The van der Waals surface area contributed by atoms with E-state index >= 15 is 0 Å². The van der Waals surface area contributed by atoms with Crippen LogP contribution in [0.1, 0.15) is 30.9 Å². The van der Waals surface area contributed by atoms with Crippen molar-refractivity contribution >= 4 is 0 Å². The first-order chi connectivity index (χ1) is 7.81. The van der Waals surface area contributed by atoms with E-state index in [2.05, 4.69) is 5.32 Å². The van der Waals surface area contributed by atoms with Gasteiger partial charge in [-0.1, -0.05) is 30.3 Å². The van der Waals surface area contributed by atoms with Crippen LogP contribution in [0.25, 0.3) is 0 Å². The number of nitrogens with one attached hydrogen (secondary N) is 1. The summed E-state index contributed by atoms with van der Waals surface area (Å²) in [4.78, 5) is 0. The lowest BCUT2D eigenvalue weighted by molar-refractivity contribution is 0.132. The van der Waals surface area contributed by atoms with Gasteiger partial charge < -0.3 is 15.5 Å². The first-order valence-electron chi connectivity index (χ1n) is 5.91. The van der Waals surface area contributed by atoms with E-state index in [0.717, 1.165) is 24.8 Å². The molecule has 1 aliphatic rings. The fourth-order valence-corrected chi connectivity index (χ4v) is 2.33. The van der Waals surface area contributed by atoms with E-state index in [1.54, 1.807) is 0 Å². The molecule has 1 aromatic carbocycles. The third-order valence-corrected chi connectivity index (χ3v) is 3.28. The molecule has 0 amide bonds. The van der Waals surface area contributed by atoms with Crippen molar-refractivity contribution in [1.82, 2.24) is 5.32 Å². The van der Waals surface area contributed by atoms with Crippen LogP contribution in [-0.2, 0) is 0 Å². The van der Waals surface area contributed by atoms with Gasteiger partial charge in [-0.15, -0.1) is 0 Å². The molecule has 0 spiro atoms. The summed E-state index contributed by atoms with van der Waals surface area (Å²) in [5, 5.41) is 22.4. The average molecular weight is 221 g/mol. The van der Waals surface area contributed by atoms with Gasteiger partial charge in [-0.2, -0.15) is 0 Å². The second-order valence-corrected chi connectivity index (χ2v) is 4.42. The molecule has 0 aliphatic heterocycles. The van der Waals surface area contributed by atoms with E-state index in [4.69, 9.17) is 0 Å². The molecule has 3 heteroatoms. The highest BCUT2D eigenvalue weighted by Crippen LogP contribution is 2.22. The number of hydrogen-bond acceptors (Lipinski definition) is 3. The quantitative estimate of drug-likeness (QED) is 0.716. The summed E-state index contributed by atoms with van der Waals surface area (Å²) in [6.07, 6.45) is 2.65. The normalized spacial score (nSPS) is 26.9. The maximum absolute atomic E-state index is 9.74. The van der Waals surface area contributed by atoms with Crippen molar-refractivity contribution in [3.8, 4) is 0 Å². The lowest BCUT2D eigenvalue weighted by Crippen LogP contribution is -2.39. The first-order valence-corrected chi connectivity index (χ1v) is 5.91. The predicted octanol–water partition coefficient (Wildman–Crippen LogP) is 1.22. The monoisotopic (exact) mass is 221 g/mol. The Morgan fingerprint density at radius 1 is 1.25 bits per heavy atom. The zero-order valence-electron chi connectivity index (χ0n) is 9.34. The summed E-state index contributed by atoms with van der Waals surface area (Å²) in [5.74, 6) is 0. The Labute approximate surface area is 96.1 Å². The molecule has 2 rings (SSSR count). The number of hydrogen-bond donors (Lipinski definition) is 3. The van der Waals surface area contributed by atoms with Gasteiger partial charge in [0.25, 0.3) is 0 Å². The predicted molar refractivity (Wildman–Crippen MR) is 63.1 cm³/mol. The second kappa shape index (κ2) is 5.43. The summed E-state index contributed by atoms with van der Waals surface area (Å²) in [5.41, 5.74) is 1.07. The zero-order chi connectivity index (χ0) is 11.4. The van der Waals surface area contributed by atoms with Crippen molar-refractivity contribution in [3.05, 3.63) is 35.9 Å². The molecule has 3 nitrogen and oxygen atoms in total. The Hall–Kier alpha value is -0.900. The number of aliphatic hydroxyl groups is 2. The lowest BCUT2D eigenvalue weighted by Gasteiger charge is -2.23. The molecule has 3 atom stereocenters. The molecule has 1 saturated carbocycles. The van der Waals surface area contributed by atoms with Crippen LogP contribution in [0.15, 0.2) is 30.3 Å². The van der Waals surface area contributed by atoms with Gasteiger partial charge in [0.05, 0.1) is 18.8 Å². The van der Waals surface area contributed by atoms with Crippen LogP contribution in [0.4, 0.5) is 0 Å². The van der Waals surface area contributed by atoms with E-state index in [0.29, 0.717) is 0 Å². The molecule has 1 aromatic rings. The summed E-state index contributed by atoms with van der Waals surface area (Å²) < 4.78 is 0. The third-order valence-electron chi connectivity index (χ3n) is 3.28. The molecule has 1 fully saturated rings. The van der Waals surface area contributed by atoms with Crippen LogP contribution < -0.4 is 5.32 Å². The van der Waals surface area contributed by atoms with Crippen molar-refractivity contribution in [2.75, 3.05) is 6.61 Å². The fraction of sp³-hybridized carbons (Fsp3) is 0.538. The van der Waals surface area contributed by atoms with E-state index in [-0.39, 0.29) is 24.8 Å². The van der Waals surface area contributed by atoms with Gasteiger partial charge in [0.2, 0.25) is 0 Å². The van der Waals surface area contributed by atoms with Gasteiger partial charge >= 0.3 is 0 Å².